The molecular weight excluding hydrogens is 264 g/mol. The molecule has 0 unspecified atom stereocenters. The minimum absolute atomic E-state index is 0.133. The van der Waals surface area contributed by atoms with Crippen LogP contribution in [0.2, 0.25) is 0 Å². The number of methoxy groups -OCH3 is 2. The Kier molecular flexibility index (Phi) is 4.19. The molecule has 0 fully saturated rings. The van der Waals surface area contributed by atoms with Crippen LogP contribution in [0.4, 0.5) is 0 Å². The van der Waals surface area contributed by atoms with Crippen LogP contribution in [0.1, 0.15) is 17.5 Å². The molecule has 7 heteroatoms. The first-order valence-corrected chi connectivity index (χ1v) is 5.93. The van der Waals surface area contributed by atoms with Crippen LogP contribution in [0.25, 0.3) is 11.5 Å². The van der Waals surface area contributed by atoms with Crippen LogP contribution in [0, 0.1) is 0 Å². The number of rotatable bonds is 5. The molecule has 0 N–H and O–H groups in total. The Morgan fingerprint density at radius 2 is 2.10 bits per heavy atom. The highest BCUT2D eigenvalue weighted by Gasteiger charge is 2.20. The maximum Gasteiger partial charge on any atom is 0.379 e. The smallest absolute Gasteiger partial charge is 0.379 e. The fraction of sp³-hybridized carbons (Fsp3) is 0.308. The quantitative estimate of drug-likeness (QED) is 0.772. The largest absolute Gasteiger partial charge is 0.493 e. The van der Waals surface area contributed by atoms with Crippen LogP contribution in [-0.2, 0) is 4.74 Å². The van der Waals surface area contributed by atoms with Gasteiger partial charge in [-0.3, -0.25) is 0 Å². The minimum Gasteiger partial charge on any atom is -0.493 e. The summed E-state index contributed by atoms with van der Waals surface area (Å²) in [4.78, 5) is 15.5. The number of esters is 1. The van der Waals surface area contributed by atoms with Gasteiger partial charge in [0.25, 0.3) is 11.7 Å². The lowest BCUT2D eigenvalue weighted by Crippen LogP contribution is -2.06. The van der Waals surface area contributed by atoms with Crippen LogP contribution in [0.3, 0.4) is 0 Å². The molecule has 2 aromatic rings. The normalized spacial score (nSPS) is 10.2. The highest BCUT2D eigenvalue weighted by atomic mass is 16.5. The molecule has 1 aromatic carbocycles. The van der Waals surface area contributed by atoms with E-state index in [0.717, 1.165) is 0 Å². The summed E-state index contributed by atoms with van der Waals surface area (Å²) in [6.45, 7) is 1.94. The summed E-state index contributed by atoms with van der Waals surface area (Å²) in [5.41, 5.74) is 0.537. The third-order valence-corrected chi connectivity index (χ3v) is 2.52. The summed E-state index contributed by atoms with van der Waals surface area (Å²) < 4.78 is 20.3. The maximum absolute atomic E-state index is 11.5. The predicted molar refractivity (Wildman–Crippen MR) is 68.8 cm³/mol. The van der Waals surface area contributed by atoms with Gasteiger partial charge < -0.3 is 18.7 Å². The average Bonchev–Trinajstić information content (AvgIpc) is 2.96. The van der Waals surface area contributed by atoms with Crippen molar-refractivity contribution in [2.45, 2.75) is 6.92 Å². The molecule has 0 saturated carbocycles. The lowest BCUT2D eigenvalue weighted by molar-refractivity contribution is 0.0508. The van der Waals surface area contributed by atoms with Crippen LogP contribution in [-0.4, -0.2) is 36.9 Å². The molecule has 0 aliphatic rings. The van der Waals surface area contributed by atoms with Gasteiger partial charge in [0.2, 0.25) is 0 Å². The van der Waals surface area contributed by atoms with E-state index in [9.17, 15) is 4.79 Å². The van der Waals surface area contributed by atoms with E-state index in [1.165, 1.54) is 14.2 Å². The highest BCUT2D eigenvalue weighted by Crippen LogP contribution is 2.36. The van der Waals surface area contributed by atoms with Gasteiger partial charge in [-0.1, -0.05) is 6.07 Å². The number of hydrogen-bond donors (Lipinski definition) is 0. The number of ether oxygens (including phenoxy) is 3. The van der Waals surface area contributed by atoms with Crippen molar-refractivity contribution < 1.29 is 23.5 Å². The van der Waals surface area contributed by atoms with Gasteiger partial charge in [0.1, 0.15) is 0 Å². The second kappa shape index (κ2) is 6.05. The van der Waals surface area contributed by atoms with Gasteiger partial charge in [0.05, 0.1) is 26.4 Å². The second-order valence-corrected chi connectivity index (χ2v) is 3.68. The number of carbonyl (C=O) groups excluding carboxylic acids is 1. The molecule has 0 aliphatic carbocycles. The number of benzene rings is 1. The van der Waals surface area contributed by atoms with Gasteiger partial charge in [0, 0.05) is 0 Å². The Bertz CT molecular complexity index is 609. The number of hydrogen-bond acceptors (Lipinski definition) is 7. The number of aromatic nitrogens is 2. The first-order valence-electron chi connectivity index (χ1n) is 5.93. The summed E-state index contributed by atoms with van der Waals surface area (Å²) >= 11 is 0. The number of para-hydroxylation sites is 1. The number of nitrogens with zero attached hydrogens (tertiary/aromatic N) is 2. The molecule has 0 spiro atoms. The summed E-state index contributed by atoms with van der Waals surface area (Å²) in [6, 6.07) is 5.22. The molecule has 1 aromatic heterocycles. The average molecular weight is 278 g/mol. The van der Waals surface area contributed by atoms with Crippen molar-refractivity contribution in [1.82, 2.24) is 10.1 Å². The van der Waals surface area contributed by atoms with E-state index in [2.05, 4.69) is 10.1 Å². The van der Waals surface area contributed by atoms with E-state index < -0.39 is 5.97 Å². The van der Waals surface area contributed by atoms with E-state index in [0.29, 0.717) is 17.1 Å². The van der Waals surface area contributed by atoms with Gasteiger partial charge in [-0.25, -0.2) is 4.79 Å². The molecular formula is C13H14N2O5. The van der Waals surface area contributed by atoms with Crippen LogP contribution >= 0.6 is 0 Å². The van der Waals surface area contributed by atoms with Crippen molar-refractivity contribution in [3.05, 3.63) is 24.0 Å². The summed E-state index contributed by atoms with van der Waals surface area (Å²) in [5, 5.41) is 3.58. The van der Waals surface area contributed by atoms with Crippen molar-refractivity contribution in [3.8, 4) is 23.0 Å². The predicted octanol–water partition coefficient (Wildman–Crippen LogP) is 1.93. The van der Waals surface area contributed by atoms with Crippen LogP contribution in [0.15, 0.2) is 22.7 Å². The first-order chi connectivity index (χ1) is 9.71. The van der Waals surface area contributed by atoms with Crippen molar-refractivity contribution >= 4 is 5.97 Å². The zero-order chi connectivity index (χ0) is 14.5. The minimum atomic E-state index is -0.635. The summed E-state index contributed by atoms with van der Waals surface area (Å²) in [6.07, 6.45) is 0. The Balaban J connectivity index is 2.40. The molecule has 7 nitrogen and oxygen atoms in total. The Labute approximate surface area is 115 Å². The lowest BCUT2D eigenvalue weighted by atomic mass is 10.2. The van der Waals surface area contributed by atoms with E-state index >= 15 is 0 Å². The Hall–Kier alpha value is -2.57. The van der Waals surface area contributed by atoms with Crippen molar-refractivity contribution in [3.63, 3.8) is 0 Å². The molecule has 20 heavy (non-hydrogen) atoms. The van der Waals surface area contributed by atoms with Crippen molar-refractivity contribution in [2.75, 3.05) is 20.8 Å². The van der Waals surface area contributed by atoms with Gasteiger partial charge in [-0.05, 0) is 24.2 Å². The first kappa shape index (κ1) is 13.9. The topological polar surface area (TPSA) is 83.7 Å². The van der Waals surface area contributed by atoms with Gasteiger partial charge in [-0.15, -0.1) is 0 Å². The lowest BCUT2D eigenvalue weighted by Gasteiger charge is -2.09. The van der Waals surface area contributed by atoms with Crippen LogP contribution < -0.4 is 9.47 Å². The molecule has 2 rings (SSSR count). The maximum atomic E-state index is 11.5. The summed E-state index contributed by atoms with van der Waals surface area (Å²) in [7, 11) is 3.03. The van der Waals surface area contributed by atoms with Crippen LogP contribution in [0.5, 0.6) is 11.5 Å². The SMILES string of the molecule is CCOC(=O)c1noc(-c2cccc(OC)c2OC)n1. The molecule has 0 radical (unpaired) electrons. The standard InChI is InChI=1S/C13H14N2O5/c1-4-19-13(16)11-14-12(20-15-11)8-6-5-7-9(17-2)10(8)18-3/h5-7H,4H2,1-3H3. The van der Waals surface area contributed by atoms with E-state index in [1.54, 1.807) is 25.1 Å². The van der Waals surface area contributed by atoms with E-state index in [1.807, 2.05) is 0 Å². The fourth-order valence-electron chi connectivity index (χ4n) is 1.67. The highest BCUT2D eigenvalue weighted by molar-refractivity contribution is 5.85. The molecule has 0 amide bonds. The monoisotopic (exact) mass is 278 g/mol. The zero-order valence-electron chi connectivity index (χ0n) is 11.4. The third kappa shape index (κ3) is 2.56. The molecule has 106 valence electrons. The second-order valence-electron chi connectivity index (χ2n) is 3.68. The number of carbonyl (C=O) groups is 1. The Morgan fingerprint density at radius 1 is 1.30 bits per heavy atom. The molecule has 0 bridgehead atoms. The fourth-order valence-corrected chi connectivity index (χ4v) is 1.67. The van der Waals surface area contributed by atoms with Crippen molar-refractivity contribution in [1.29, 1.82) is 0 Å². The molecule has 0 atom stereocenters. The molecule has 0 saturated heterocycles. The summed E-state index contributed by atoms with van der Waals surface area (Å²) in [5.74, 6) is 0.370. The van der Waals surface area contributed by atoms with Gasteiger partial charge >= 0.3 is 5.97 Å². The van der Waals surface area contributed by atoms with Crippen molar-refractivity contribution in [2.24, 2.45) is 0 Å². The third-order valence-electron chi connectivity index (χ3n) is 2.52. The zero-order valence-corrected chi connectivity index (χ0v) is 11.4. The Morgan fingerprint density at radius 3 is 2.75 bits per heavy atom. The van der Waals surface area contributed by atoms with E-state index in [4.69, 9.17) is 18.7 Å². The van der Waals surface area contributed by atoms with Gasteiger partial charge in [0.15, 0.2) is 11.5 Å². The van der Waals surface area contributed by atoms with E-state index in [-0.39, 0.29) is 18.3 Å². The molecule has 0 aliphatic heterocycles. The molecule has 1 heterocycles. The van der Waals surface area contributed by atoms with Gasteiger partial charge in [-0.2, -0.15) is 4.98 Å².